The SMILES string of the molecule is COC(=O)[C@@]1(Br)O[C@@H](OCc2ccccc2)[C@H](OCc2ccccc2)[C@@H](OC(=O)c2ccccc2)[C@@H]1O. The number of alkyl halides is 1. The predicted molar refractivity (Wildman–Crippen MR) is 136 cm³/mol. The Bertz CT molecular complexity index is 1160. The van der Waals surface area contributed by atoms with E-state index in [1.165, 1.54) is 0 Å². The van der Waals surface area contributed by atoms with Crippen molar-refractivity contribution in [1.29, 1.82) is 0 Å². The summed E-state index contributed by atoms with van der Waals surface area (Å²) in [6, 6.07) is 27.0. The Morgan fingerprint density at radius 2 is 1.35 bits per heavy atom. The maximum Gasteiger partial charge on any atom is 0.352 e. The number of benzene rings is 3. The minimum absolute atomic E-state index is 0.108. The zero-order valence-corrected chi connectivity index (χ0v) is 21.7. The first-order valence-corrected chi connectivity index (χ1v) is 12.4. The Hall–Kier alpha value is -3.08. The molecule has 9 heteroatoms. The van der Waals surface area contributed by atoms with Gasteiger partial charge < -0.3 is 28.8 Å². The van der Waals surface area contributed by atoms with Gasteiger partial charge in [0.15, 0.2) is 12.4 Å². The standard InChI is InChI=1S/C28H27BrO8/c1-33-27(32)28(29)24(30)22(36-25(31)21-15-9-4-10-16-21)23(34-17-19-11-5-2-6-12-19)26(37-28)35-18-20-13-7-3-8-14-20/h2-16,22-24,26,30H,17-18H2,1H3/t22-,23-,24+,26-,28+/m1/s1. The van der Waals surface area contributed by atoms with E-state index in [9.17, 15) is 14.7 Å². The summed E-state index contributed by atoms with van der Waals surface area (Å²) in [7, 11) is 1.16. The van der Waals surface area contributed by atoms with E-state index in [0.29, 0.717) is 0 Å². The molecule has 1 heterocycles. The van der Waals surface area contributed by atoms with Gasteiger partial charge in [-0.2, -0.15) is 0 Å². The summed E-state index contributed by atoms with van der Waals surface area (Å²) in [6.07, 6.45) is -5.37. The highest BCUT2D eigenvalue weighted by atomic mass is 79.9. The smallest absolute Gasteiger partial charge is 0.352 e. The van der Waals surface area contributed by atoms with Crippen LogP contribution in [0.4, 0.5) is 0 Å². The van der Waals surface area contributed by atoms with E-state index in [0.717, 1.165) is 18.2 Å². The minimum atomic E-state index is -2.07. The number of hydrogen-bond acceptors (Lipinski definition) is 8. The Morgan fingerprint density at radius 3 is 1.89 bits per heavy atom. The fourth-order valence-corrected chi connectivity index (χ4v) is 4.49. The van der Waals surface area contributed by atoms with E-state index < -0.39 is 41.1 Å². The predicted octanol–water partition coefficient (Wildman–Crippen LogP) is 4.00. The molecule has 0 unspecified atom stereocenters. The molecule has 0 bridgehead atoms. The molecule has 1 fully saturated rings. The lowest BCUT2D eigenvalue weighted by Crippen LogP contribution is -2.66. The van der Waals surface area contributed by atoms with Crippen LogP contribution in [0.2, 0.25) is 0 Å². The first-order valence-electron chi connectivity index (χ1n) is 11.6. The van der Waals surface area contributed by atoms with Gasteiger partial charge in [0.2, 0.25) is 0 Å². The van der Waals surface area contributed by atoms with Gasteiger partial charge in [0.1, 0.15) is 12.2 Å². The normalized spacial score (nSPS) is 25.3. The highest BCUT2D eigenvalue weighted by Crippen LogP contribution is 2.40. The molecule has 0 radical (unpaired) electrons. The van der Waals surface area contributed by atoms with Gasteiger partial charge in [-0.15, -0.1) is 0 Å². The third kappa shape index (κ3) is 6.44. The summed E-state index contributed by atoms with van der Waals surface area (Å²) >= 11 is 3.19. The van der Waals surface area contributed by atoms with Gasteiger partial charge in [-0.25, -0.2) is 9.59 Å². The van der Waals surface area contributed by atoms with Crippen molar-refractivity contribution >= 4 is 27.9 Å². The van der Waals surface area contributed by atoms with Crippen molar-refractivity contribution in [2.75, 3.05) is 7.11 Å². The number of carbonyl (C=O) groups excluding carboxylic acids is 2. The van der Waals surface area contributed by atoms with Crippen molar-refractivity contribution in [1.82, 2.24) is 0 Å². The van der Waals surface area contributed by atoms with Crippen molar-refractivity contribution in [2.24, 2.45) is 0 Å². The van der Waals surface area contributed by atoms with Crippen molar-refractivity contribution in [3.8, 4) is 0 Å². The molecule has 0 aliphatic carbocycles. The quantitative estimate of drug-likeness (QED) is 0.304. The summed E-state index contributed by atoms with van der Waals surface area (Å²) in [5, 5.41) is 11.3. The molecule has 0 aromatic heterocycles. The monoisotopic (exact) mass is 570 g/mol. The molecule has 37 heavy (non-hydrogen) atoms. The Balaban J connectivity index is 1.66. The van der Waals surface area contributed by atoms with Crippen LogP contribution in [0.5, 0.6) is 0 Å². The fourth-order valence-electron chi connectivity index (χ4n) is 3.88. The van der Waals surface area contributed by atoms with Crippen LogP contribution < -0.4 is 0 Å². The fraction of sp³-hybridized carbons (Fsp3) is 0.286. The average Bonchev–Trinajstić information content (AvgIpc) is 2.95. The third-order valence-corrected chi connectivity index (χ3v) is 6.81. The van der Waals surface area contributed by atoms with Crippen molar-refractivity contribution in [3.05, 3.63) is 108 Å². The maximum atomic E-state index is 13.0. The number of rotatable bonds is 9. The second kappa shape index (κ2) is 12.4. The Labute approximate surface area is 223 Å². The van der Waals surface area contributed by atoms with Gasteiger partial charge in [0, 0.05) is 0 Å². The molecule has 1 saturated heterocycles. The lowest BCUT2D eigenvalue weighted by atomic mass is 9.97. The molecule has 1 aliphatic rings. The van der Waals surface area contributed by atoms with Gasteiger partial charge in [-0.3, -0.25) is 0 Å². The number of ether oxygens (including phenoxy) is 5. The van der Waals surface area contributed by atoms with Crippen LogP contribution in [-0.2, 0) is 41.7 Å². The number of carbonyl (C=O) groups is 2. The molecule has 194 valence electrons. The zero-order chi connectivity index (χ0) is 26.3. The number of aliphatic hydroxyl groups is 1. The molecular weight excluding hydrogens is 544 g/mol. The molecule has 0 spiro atoms. The van der Waals surface area contributed by atoms with Crippen LogP contribution in [0.15, 0.2) is 91.0 Å². The van der Waals surface area contributed by atoms with E-state index in [1.807, 2.05) is 60.7 Å². The molecule has 8 nitrogen and oxygen atoms in total. The molecular formula is C28H27BrO8. The Kier molecular flexibility index (Phi) is 9.07. The van der Waals surface area contributed by atoms with Crippen LogP contribution in [0, 0.1) is 0 Å². The van der Waals surface area contributed by atoms with Crippen molar-refractivity contribution < 1.29 is 38.4 Å². The molecule has 0 saturated carbocycles. The Morgan fingerprint density at radius 1 is 0.838 bits per heavy atom. The highest BCUT2D eigenvalue weighted by molar-refractivity contribution is 9.10. The van der Waals surface area contributed by atoms with Crippen LogP contribution >= 0.6 is 15.9 Å². The number of aliphatic hydroxyl groups excluding tert-OH is 1. The maximum absolute atomic E-state index is 13.0. The summed E-state index contributed by atoms with van der Waals surface area (Å²) < 4.78 is 26.7. The third-order valence-electron chi connectivity index (χ3n) is 5.83. The first kappa shape index (κ1) is 27.0. The number of halogens is 1. The second-order valence-corrected chi connectivity index (χ2v) is 9.54. The van der Waals surface area contributed by atoms with Crippen molar-refractivity contribution in [2.45, 2.75) is 42.3 Å². The largest absolute Gasteiger partial charge is 0.466 e. The molecule has 1 aliphatic heterocycles. The topological polar surface area (TPSA) is 101 Å². The van der Waals surface area contributed by atoms with E-state index in [-0.39, 0.29) is 18.8 Å². The lowest BCUT2D eigenvalue weighted by molar-refractivity contribution is -0.314. The number of methoxy groups -OCH3 is 1. The van der Waals surface area contributed by atoms with Crippen LogP contribution in [-0.4, -0.2) is 53.3 Å². The zero-order valence-electron chi connectivity index (χ0n) is 20.1. The van der Waals surface area contributed by atoms with Gasteiger partial charge in [-0.1, -0.05) is 78.9 Å². The molecule has 3 aromatic carbocycles. The molecule has 0 amide bonds. The number of esters is 2. The van der Waals surface area contributed by atoms with E-state index >= 15 is 0 Å². The van der Waals surface area contributed by atoms with Gasteiger partial charge in [-0.05, 0) is 39.2 Å². The van der Waals surface area contributed by atoms with Crippen LogP contribution in [0.3, 0.4) is 0 Å². The molecule has 1 N–H and O–H groups in total. The summed E-state index contributed by atoms with van der Waals surface area (Å²) in [4.78, 5) is 25.7. The van der Waals surface area contributed by atoms with Crippen LogP contribution in [0.1, 0.15) is 21.5 Å². The highest BCUT2D eigenvalue weighted by Gasteiger charge is 2.60. The van der Waals surface area contributed by atoms with Gasteiger partial charge in [0.05, 0.1) is 25.9 Å². The van der Waals surface area contributed by atoms with Gasteiger partial charge >= 0.3 is 11.9 Å². The summed E-state index contributed by atoms with van der Waals surface area (Å²) in [5.41, 5.74) is 1.95. The molecule has 3 aromatic rings. The summed E-state index contributed by atoms with van der Waals surface area (Å²) in [6.45, 7) is 0.218. The summed E-state index contributed by atoms with van der Waals surface area (Å²) in [5.74, 6) is -1.63. The molecule has 4 rings (SSSR count). The van der Waals surface area contributed by atoms with E-state index in [2.05, 4.69) is 15.9 Å². The minimum Gasteiger partial charge on any atom is -0.466 e. The average molecular weight is 571 g/mol. The van der Waals surface area contributed by atoms with Crippen molar-refractivity contribution in [3.63, 3.8) is 0 Å². The first-order chi connectivity index (χ1) is 17.9. The number of hydrogen-bond donors (Lipinski definition) is 1. The molecule has 5 atom stereocenters. The van der Waals surface area contributed by atoms with E-state index in [1.54, 1.807) is 30.3 Å². The van der Waals surface area contributed by atoms with E-state index in [4.69, 9.17) is 23.7 Å². The van der Waals surface area contributed by atoms with Gasteiger partial charge in [0.25, 0.3) is 4.51 Å². The van der Waals surface area contributed by atoms with Crippen LogP contribution in [0.25, 0.3) is 0 Å². The second-order valence-electron chi connectivity index (χ2n) is 8.36. The lowest BCUT2D eigenvalue weighted by Gasteiger charge is -2.46.